The Morgan fingerprint density at radius 2 is 1.62 bits per heavy atom. The SMILES string of the molecule is CC[C@H]1OC(=O)[C@H](C)[C@@H](O[C@H]2C[C@@](C)(OC)[C@@H](OC(=O)NCCOCCCc3cc4c5c(c3)c(=O)c(C(=O)O)cn5COC4)[C@H](C)O2)[C@H](C)[C@@H](OC2O[C@H](C)C[C@H](N(C)C)[C@H]2O)[C@](C)(O)C[C@@H](C)/C(=N\OCCN(CC)CC)[C@H](C)[C@@H](O)[C@]1(C)O. The number of methoxy groups -OCH3 is 1. The summed E-state index contributed by atoms with van der Waals surface area (Å²) < 4.78 is 58.1. The third kappa shape index (κ3) is 16.7. The Balaban J connectivity index is 1.20. The number of carbonyl (C=O) groups excluding carboxylic acids is 2. The number of alkyl carbamates (subject to hydrolysis) is 1. The molecular formula is C61H99N5O19. The second kappa shape index (κ2) is 30.2. The molecule has 0 radical (unpaired) electrons. The highest BCUT2D eigenvalue weighted by Gasteiger charge is 2.54. The van der Waals surface area contributed by atoms with E-state index in [1.165, 1.54) is 20.2 Å². The van der Waals surface area contributed by atoms with Gasteiger partial charge in [-0.05, 0) is 112 Å². The number of hydrogen-bond donors (Lipinski definition) is 6. The summed E-state index contributed by atoms with van der Waals surface area (Å²) in [5.74, 6) is -5.65. The molecule has 0 aliphatic carbocycles. The summed E-state index contributed by atoms with van der Waals surface area (Å²) in [5.41, 5.74) is -3.26. The lowest BCUT2D eigenvalue weighted by Crippen LogP contribution is -2.61. The van der Waals surface area contributed by atoms with Crippen LogP contribution in [0.5, 0.6) is 0 Å². The molecular weight excluding hydrogens is 1110 g/mol. The smallest absolute Gasteiger partial charge is 0.407 e. The van der Waals surface area contributed by atoms with Gasteiger partial charge < -0.3 is 92.7 Å². The second-order valence-electron chi connectivity index (χ2n) is 24.7. The number of carbonyl (C=O) groups is 3. The Labute approximate surface area is 500 Å². The van der Waals surface area contributed by atoms with Crippen LogP contribution < -0.4 is 10.7 Å². The van der Waals surface area contributed by atoms with Crippen LogP contribution in [0, 0.1) is 23.7 Å². The molecule has 4 aliphatic heterocycles. The minimum Gasteiger partial charge on any atom is -0.477 e. The molecule has 0 bridgehead atoms. The number of pyridine rings is 1. The van der Waals surface area contributed by atoms with Crippen molar-refractivity contribution in [1.82, 2.24) is 19.7 Å². The van der Waals surface area contributed by atoms with Gasteiger partial charge in [-0.2, -0.15) is 0 Å². The van der Waals surface area contributed by atoms with E-state index in [1.54, 1.807) is 59.1 Å². The van der Waals surface area contributed by atoms with E-state index in [0.29, 0.717) is 55.6 Å². The summed E-state index contributed by atoms with van der Waals surface area (Å²) in [4.78, 5) is 63.1. The average molecular weight is 1210 g/mol. The molecule has 3 fully saturated rings. The minimum absolute atomic E-state index is 0.0155. The van der Waals surface area contributed by atoms with Crippen molar-refractivity contribution in [2.45, 2.75) is 219 Å². The van der Waals surface area contributed by atoms with Crippen LogP contribution >= 0.6 is 0 Å². The van der Waals surface area contributed by atoms with Gasteiger partial charge in [0.15, 0.2) is 18.7 Å². The predicted octanol–water partition coefficient (Wildman–Crippen LogP) is 4.82. The number of benzene rings is 1. The number of aliphatic hydroxyl groups excluding tert-OH is 2. The number of esters is 1. The van der Waals surface area contributed by atoms with Crippen LogP contribution in [0.15, 0.2) is 28.3 Å². The summed E-state index contributed by atoms with van der Waals surface area (Å²) in [6.45, 7) is 24.6. The minimum atomic E-state index is -2.00. The number of nitrogens with zero attached hydrogens (tertiary/aromatic N) is 4. The van der Waals surface area contributed by atoms with Gasteiger partial charge in [0, 0.05) is 74.2 Å². The maximum Gasteiger partial charge on any atom is 0.407 e. The Morgan fingerprint density at radius 3 is 2.27 bits per heavy atom. The van der Waals surface area contributed by atoms with Crippen molar-refractivity contribution in [2.75, 3.05) is 67.2 Å². The summed E-state index contributed by atoms with van der Waals surface area (Å²) >= 11 is 0. The van der Waals surface area contributed by atoms with Crippen molar-refractivity contribution in [1.29, 1.82) is 0 Å². The van der Waals surface area contributed by atoms with E-state index < -0.39 is 119 Å². The highest BCUT2D eigenvalue weighted by atomic mass is 16.7. The van der Waals surface area contributed by atoms with E-state index in [-0.39, 0.29) is 63.5 Å². The van der Waals surface area contributed by atoms with Gasteiger partial charge >= 0.3 is 18.0 Å². The first-order chi connectivity index (χ1) is 40.0. The molecule has 5 heterocycles. The number of aryl methyl sites for hydroxylation is 1. The number of aromatic carboxylic acids is 1. The maximum atomic E-state index is 14.8. The first-order valence-corrected chi connectivity index (χ1v) is 30.3. The molecule has 24 nitrogen and oxygen atoms in total. The van der Waals surface area contributed by atoms with Crippen molar-refractivity contribution < 1.29 is 87.4 Å². The van der Waals surface area contributed by atoms with Crippen LogP contribution in [0.3, 0.4) is 0 Å². The number of aromatic nitrogens is 1. The van der Waals surface area contributed by atoms with E-state index in [2.05, 4.69) is 15.4 Å². The van der Waals surface area contributed by atoms with Gasteiger partial charge in [-0.3, -0.25) is 9.59 Å². The molecule has 2 aromatic rings. The van der Waals surface area contributed by atoms with Crippen molar-refractivity contribution in [3.8, 4) is 0 Å². The second-order valence-corrected chi connectivity index (χ2v) is 24.7. The number of likely N-dealkylation sites (N-methyl/N-ethyl adjacent to an activating group) is 2. The van der Waals surface area contributed by atoms with Gasteiger partial charge in [0.25, 0.3) is 0 Å². The van der Waals surface area contributed by atoms with E-state index in [9.17, 15) is 44.7 Å². The standard InChI is InChI=1S/C61H99N5O19/c1-16-45-61(12,75)52(69)36(6)47(63-79-25-22-65(17-2)18-3)34(4)29-59(10,74)53(84-57-50(68)44(64(13)14)26-35(5)80-57)37(7)51(38(8)56(72)82-45)83-46-30-60(11,76-15)54(39(9)81-46)85-58(73)62-21-24-77-23-19-20-40-27-41-32-78-33-66-31-43(55(70)71)49(67)42(28-40)48(41)66/h27-28,31,34-39,44-46,50-54,57,68-69,74-75H,16-26,29-30,32-33H2,1-15H3,(H,62,73)(H,70,71)/b63-47+/t34-,35-,36+,37+,38-,39+,44+,45-,46+,50-,51+,52-,53-,54+,57?,59-,60-,61-/m1/s1. The van der Waals surface area contributed by atoms with Crippen molar-refractivity contribution in [3.05, 3.63) is 45.2 Å². The number of aliphatic hydroxyl groups is 4. The van der Waals surface area contributed by atoms with Gasteiger partial charge in [-0.25, -0.2) is 9.59 Å². The van der Waals surface area contributed by atoms with Crippen LogP contribution in [-0.2, 0) is 72.0 Å². The third-order valence-electron chi connectivity index (χ3n) is 17.9. The maximum absolute atomic E-state index is 14.8. The normalized spacial score (nSPS) is 35.6. The van der Waals surface area contributed by atoms with E-state index >= 15 is 0 Å². The largest absolute Gasteiger partial charge is 0.477 e. The number of oxime groups is 1. The number of carboxylic acids is 1. The molecule has 482 valence electrons. The molecule has 1 aromatic carbocycles. The zero-order chi connectivity index (χ0) is 62.9. The van der Waals surface area contributed by atoms with Crippen LogP contribution in [0.1, 0.15) is 137 Å². The Hall–Kier alpha value is -4.41. The van der Waals surface area contributed by atoms with Crippen LogP contribution in [0.4, 0.5) is 4.79 Å². The lowest BCUT2D eigenvalue weighted by Gasteiger charge is -2.49. The molecule has 85 heavy (non-hydrogen) atoms. The van der Waals surface area contributed by atoms with Crippen LogP contribution in [0.2, 0.25) is 0 Å². The number of cyclic esters (lactones) is 1. The average Bonchev–Trinajstić information content (AvgIpc) is 1.37. The lowest BCUT2D eigenvalue weighted by molar-refractivity contribution is -0.317. The molecule has 0 saturated carbocycles. The van der Waals surface area contributed by atoms with Gasteiger partial charge in [0.05, 0.1) is 66.5 Å². The summed E-state index contributed by atoms with van der Waals surface area (Å²) in [6, 6.07) is 3.30. The number of amides is 1. The van der Waals surface area contributed by atoms with Crippen molar-refractivity contribution in [2.24, 2.45) is 28.8 Å². The summed E-state index contributed by atoms with van der Waals surface area (Å²) in [5, 5.41) is 66.6. The van der Waals surface area contributed by atoms with Crippen LogP contribution in [-0.4, -0.2) is 215 Å². The molecule has 6 rings (SSSR count). The highest BCUT2D eigenvalue weighted by Crippen LogP contribution is 2.42. The number of hydrogen-bond acceptors (Lipinski definition) is 21. The van der Waals surface area contributed by atoms with E-state index in [1.807, 2.05) is 52.8 Å². The molecule has 1 unspecified atom stereocenters. The first-order valence-electron chi connectivity index (χ1n) is 30.3. The first kappa shape index (κ1) is 69.7. The number of ether oxygens (including phenoxy) is 9. The topological polar surface area (TPSA) is 298 Å². The predicted molar refractivity (Wildman–Crippen MR) is 314 cm³/mol. The Kier molecular flexibility index (Phi) is 24.8. The van der Waals surface area contributed by atoms with Crippen LogP contribution in [0.25, 0.3) is 10.9 Å². The van der Waals surface area contributed by atoms with Gasteiger partial charge in [0.1, 0.15) is 42.3 Å². The van der Waals surface area contributed by atoms with Gasteiger partial charge in [-0.15, -0.1) is 0 Å². The third-order valence-corrected chi connectivity index (χ3v) is 17.9. The van der Waals surface area contributed by atoms with Gasteiger partial charge in [-0.1, -0.05) is 52.8 Å². The molecule has 0 spiro atoms. The van der Waals surface area contributed by atoms with Crippen molar-refractivity contribution in [3.63, 3.8) is 0 Å². The molecule has 4 aliphatic rings. The fourth-order valence-electron chi connectivity index (χ4n) is 13.0. The van der Waals surface area contributed by atoms with Gasteiger partial charge in [0.2, 0.25) is 5.43 Å². The van der Waals surface area contributed by atoms with Crippen molar-refractivity contribution >= 4 is 34.6 Å². The zero-order valence-electron chi connectivity index (χ0n) is 52.7. The highest BCUT2D eigenvalue weighted by molar-refractivity contribution is 5.94. The fourth-order valence-corrected chi connectivity index (χ4v) is 13.0. The summed E-state index contributed by atoms with van der Waals surface area (Å²) in [7, 11) is 5.19. The van der Waals surface area contributed by atoms with E-state index in [4.69, 9.17) is 47.5 Å². The van der Waals surface area contributed by atoms with E-state index in [0.717, 1.165) is 24.2 Å². The fraction of sp³-hybridized carbons (Fsp3) is 0.787. The Bertz CT molecular complexity index is 2630. The molecule has 6 N–H and O–H groups in total. The number of rotatable bonds is 22. The molecule has 3 saturated heterocycles. The zero-order valence-corrected chi connectivity index (χ0v) is 52.7. The molecule has 18 atom stereocenters. The number of nitrogens with one attached hydrogen (secondary N) is 1. The quantitative estimate of drug-likeness (QED) is 0.0523. The molecule has 1 amide bonds. The number of carboxylic acid groups (broad SMARTS) is 1. The monoisotopic (exact) mass is 1210 g/mol. The Morgan fingerprint density at radius 1 is 0.918 bits per heavy atom. The molecule has 24 heteroatoms. The molecule has 1 aromatic heterocycles. The lowest BCUT2D eigenvalue weighted by atomic mass is 9.73. The summed E-state index contributed by atoms with van der Waals surface area (Å²) in [6.07, 6.45) is -8.64.